The van der Waals surface area contributed by atoms with E-state index in [0.29, 0.717) is 18.6 Å². The summed E-state index contributed by atoms with van der Waals surface area (Å²) in [4.78, 5) is 25.0. The predicted molar refractivity (Wildman–Crippen MR) is 143 cm³/mol. The molecule has 36 heavy (non-hydrogen) atoms. The number of hydrogen-bond acceptors (Lipinski definition) is 3. The molecule has 0 N–H and O–H groups in total. The largest absolute Gasteiger partial charge is 0.341 e. The fraction of sp³-hybridized carbons (Fsp3) is 0.387. The molecule has 0 atom stereocenters. The Hall–Kier alpha value is -3.47. The van der Waals surface area contributed by atoms with Crippen LogP contribution >= 0.6 is 0 Å². The van der Waals surface area contributed by atoms with Gasteiger partial charge in [-0.1, -0.05) is 55.7 Å². The van der Waals surface area contributed by atoms with Gasteiger partial charge in [-0.25, -0.2) is 9.97 Å². The Balaban J connectivity index is 1.30. The second-order valence-corrected chi connectivity index (χ2v) is 10.5. The van der Waals surface area contributed by atoms with Crippen molar-refractivity contribution in [2.24, 2.45) is 0 Å². The first-order valence-electron chi connectivity index (χ1n) is 13.5. The summed E-state index contributed by atoms with van der Waals surface area (Å²) in [5.41, 5.74) is 7.20. The SMILES string of the molecule is Cc1cc(C(=O)N(C2CCCCC2)C2CCC2)ccc1Cn1ccc2ncnc-2c1-c1ccccc1. The fourth-order valence-electron chi connectivity index (χ4n) is 5.97. The molecule has 1 amide bonds. The highest BCUT2D eigenvalue weighted by Gasteiger charge is 2.35. The van der Waals surface area contributed by atoms with Crippen LogP contribution in [-0.4, -0.2) is 37.4 Å². The minimum absolute atomic E-state index is 0.229. The second-order valence-electron chi connectivity index (χ2n) is 10.5. The van der Waals surface area contributed by atoms with Crippen molar-refractivity contribution < 1.29 is 4.79 Å². The number of imidazole rings is 1. The van der Waals surface area contributed by atoms with Gasteiger partial charge in [-0.3, -0.25) is 4.79 Å². The lowest BCUT2D eigenvalue weighted by atomic mass is 9.86. The van der Waals surface area contributed by atoms with Crippen molar-refractivity contribution in [2.75, 3.05) is 0 Å². The number of pyridine rings is 1. The molecular formula is C31H34N4O. The third-order valence-electron chi connectivity index (χ3n) is 8.20. The molecule has 6 rings (SSSR count). The first-order valence-corrected chi connectivity index (χ1v) is 13.5. The molecular weight excluding hydrogens is 444 g/mol. The summed E-state index contributed by atoms with van der Waals surface area (Å²) in [6.07, 6.45) is 13.4. The monoisotopic (exact) mass is 478 g/mol. The zero-order valence-electron chi connectivity index (χ0n) is 21.1. The summed E-state index contributed by atoms with van der Waals surface area (Å²) >= 11 is 0. The molecule has 5 heteroatoms. The van der Waals surface area contributed by atoms with E-state index in [1.54, 1.807) is 6.33 Å². The van der Waals surface area contributed by atoms with E-state index >= 15 is 0 Å². The molecule has 0 unspecified atom stereocenters. The third kappa shape index (κ3) is 4.32. The normalized spacial score (nSPS) is 16.7. The third-order valence-corrected chi connectivity index (χ3v) is 8.20. The molecule has 0 aromatic heterocycles. The predicted octanol–water partition coefficient (Wildman–Crippen LogP) is 6.73. The molecule has 0 saturated heterocycles. The number of amides is 1. The van der Waals surface area contributed by atoms with Crippen molar-refractivity contribution in [3.05, 3.63) is 83.8 Å². The summed E-state index contributed by atoms with van der Waals surface area (Å²) in [5.74, 6) is 0.229. The van der Waals surface area contributed by atoms with Crippen molar-refractivity contribution in [3.8, 4) is 22.6 Å². The number of aryl methyl sites for hydroxylation is 1. The number of hydrogen-bond donors (Lipinski definition) is 0. The van der Waals surface area contributed by atoms with Gasteiger partial charge in [-0.05, 0) is 68.4 Å². The van der Waals surface area contributed by atoms with E-state index in [9.17, 15) is 4.79 Å². The Kier molecular flexibility index (Phi) is 6.30. The molecule has 2 heterocycles. The van der Waals surface area contributed by atoms with Gasteiger partial charge in [-0.2, -0.15) is 0 Å². The lowest BCUT2D eigenvalue weighted by molar-refractivity contribution is 0.0370. The van der Waals surface area contributed by atoms with Gasteiger partial charge in [0.2, 0.25) is 0 Å². The Bertz CT molecular complexity index is 1320. The van der Waals surface area contributed by atoms with E-state index in [1.807, 2.05) is 18.2 Å². The first kappa shape index (κ1) is 23.0. The maximum atomic E-state index is 13.8. The topological polar surface area (TPSA) is 51.0 Å². The van der Waals surface area contributed by atoms with Gasteiger partial charge in [0.25, 0.3) is 5.91 Å². The molecule has 0 bridgehead atoms. The Labute approximate surface area is 213 Å². The minimum Gasteiger partial charge on any atom is -0.341 e. The lowest BCUT2D eigenvalue weighted by Gasteiger charge is -2.44. The molecule has 2 fully saturated rings. The van der Waals surface area contributed by atoms with E-state index in [1.165, 1.54) is 31.2 Å². The Morgan fingerprint density at radius 3 is 2.36 bits per heavy atom. The van der Waals surface area contributed by atoms with Crippen molar-refractivity contribution >= 4 is 5.91 Å². The second kappa shape index (κ2) is 9.88. The number of carbonyl (C=O) groups is 1. The fourth-order valence-corrected chi connectivity index (χ4v) is 5.97. The van der Waals surface area contributed by atoms with Crippen LogP contribution in [0.3, 0.4) is 0 Å². The molecule has 2 aliphatic carbocycles. The summed E-state index contributed by atoms with van der Waals surface area (Å²) in [6.45, 7) is 2.84. The minimum atomic E-state index is 0.229. The highest BCUT2D eigenvalue weighted by atomic mass is 16.2. The average Bonchev–Trinajstić information content (AvgIpc) is 3.36. The summed E-state index contributed by atoms with van der Waals surface area (Å²) in [7, 11) is 0. The highest BCUT2D eigenvalue weighted by molar-refractivity contribution is 5.95. The van der Waals surface area contributed by atoms with Gasteiger partial charge in [0, 0.05) is 36.0 Å². The zero-order chi connectivity index (χ0) is 24.5. The molecule has 0 radical (unpaired) electrons. The van der Waals surface area contributed by atoms with E-state index in [-0.39, 0.29) is 5.91 Å². The number of nitrogens with zero attached hydrogens (tertiary/aromatic N) is 4. The van der Waals surface area contributed by atoms with Crippen LogP contribution in [0.5, 0.6) is 0 Å². The molecule has 5 nitrogen and oxygen atoms in total. The number of aromatic nitrogens is 3. The quantitative estimate of drug-likeness (QED) is 0.309. The maximum absolute atomic E-state index is 13.8. The van der Waals surface area contributed by atoms with Crippen LogP contribution in [0.25, 0.3) is 22.6 Å². The number of rotatable bonds is 6. The molecule has 2 aromatic carbocycles. The molecule has 2 saturated carbocycles. The van der Waals surface area contributed by atoms with E-state index in [2.05, 4.69) is 69.0 Å². The zero-order valence-corrected chi connectivity index (χ0v) is 21.1. The van der Waals surface area contributed by atoms with Gasteiger partial charge in [0.1, 0.15) is 12.0 Å². The van der Waals surface area contributed by atoms with Crippen molar-refractivity contribution in [1.29, 1.82) is 0 Å². The number of fused-ring (bicyclic) bond motifs is 1. The van der Waals surface area contributed by atoms with E-state index in [0.717, 1.165) is 59.5 Å². The summed E-state index contributed by atoms with van der Waals surface area (Å²) in [6, 6.07) is 19.6. The van der Waals surface area contributed by atoms with E-state index in [4.69, 9.17) is 0 Å². The number of benzene rings is 2. The van der Waals surface area contributed by atoms with Gasteiger partial charge in [0.15, 0.2) is 0 Å². The van der Waals surface area contributed by atoms with Gasteiger partial charge >= 0.3 is 0 Å². The van der Waals surface area contributed by atoms with Crippen molar-refractivity contribution in [3.63, 3.8) is 0 Å². The van der Waals surface area contributed by atoms with Crippen LogP contribution in [-0.2, 0) is 6.54 Å². The average molecular weight is 479 g/mol. The van der Waals surface area contributed by atoms with Gasteiger partial charge in [-0.15, -0.1) is 0 Å². The van der Waals surface area contributed by atoms with Crippen molar-refractivity contribution in [1.82, 2.24) is 19.4 Å². The van der Waals surface area contributed by atoms with Crippen LogP contribution in [0.1, 0.15) is 72.9 Å². The van der Waals surface area contributed by atoms with Crippen molar-refractivity contribution in [2.45, 2.75) is 76.9 Å². The van der Waals surface area contributed by atoms with Crippen LogP contribution in [0.2, 0.25) is 0 Å². The first-order chi connectivity index (χ1) is 17.7. The summed E-state index contributed by atoms with van der Waals surface area (Å²) < 4.78 is 2.25. The van der Waals surface area contributed by atoms with Gasteiger partial charge < -0.3 is 9.47 Å². The molecule has 2 aliphatic heterocycles. The highest BCUT2D eigenvalue weighted by Crippen LogP contribution is 2.34. The van der Waals surface area contributed by atoms with E-state index < -0.39 is 0 Å². The standard InChI is InChI=1S/C31H34N4O/c1-22-19-24(31(36)35(27-13-8-14-27)26-11-6-3-7-12-26)15-16-25(22)20-34-18-17-28-29(33-21-32-28)30(34)23-9-4-2-5-10-23/h2,4-5,9-10,15-19,21,26-27H,3,6-8,11-14,20H2,1H3. The smallest absolute Gasteiger partial charge is 0.254 e. The Morgan fingerprint density at radius 2 is 1.67 bits per heavy atom. The van der Waals surface area contributed by atoms with Gasteiger partial charge in [0.05, 0.1) is 11.4 Å². The van der Waals surface area contributed by atoms with Crippen LogP contribution in [0.15, 0.2) is 67.1 Å². The summed E-state index contributed by atoms with van der Waals surface area (Å²) in [5, 5.41) is 0. The number of carbonyl (C=O) groups excluding carboxylic acids is 1. The lowest BCUT2D eigenvalue weighted by Crippen LogP contribution is -2.50. The van der Waals surface area contributed by atoms with Crippen LogP contribution in [0, 0.1) is 6.92 Å². The maximum Gasteiger partial charge on any atom is 0.254 e. The van der Waals surface area contributed by atoms with Crippen LogP contribution in [0.4, 0.5) is 0 Å². The Morgan fingerprint density at radius 1 is 0.917 bits per heavy atom. The molecule has 4 aliphatic rings. The molecule has 0 spiro atoms. The molecule has 2 aromatic rings. The van der Waals surface area contributed by atoms with Crippen LogP contribution < -0.4 is 0 Å². The molecule has 184 valence electrons.